The van der Waals surface area contributed by atoms with E-state index in [0.717, 1.165) is 16.8 Å². The molecule has 0 radical (unpaired) electrons. The van der Waals surface area contributed by atoms with Crippen LogP contribution in [0.4, 0.5) is 0 Å². The van der Waals surface area contributed by atoms with Crippen LogP contribution in [0.2, 0.25) is 0 Å². The number of nitrogens with zero attached hydrogens (tertiary/aromatic N) is 2. The van der Waals surface area contributed by atoms with Gasteiger partial charge in [-0.15, -0.1) is 0 Å². The molecule has 2 heterocycles. The van der Waals surface area contributed by atoms with E-state index in [-0.39, 0.29) is 5.91 Å². The predicted molar refractivity (Wildman–Crippen MR) is 96.1 cm³/mol. The molecule has 0 spiro atoms. The molecule has 0 bridgehead atoms. The van der Waals surface area contributed by atoms with Crippen LogP contribution in [0.15, 0.2) is 42.7 Å². The van der Waals surface area contributed by atoms with E-state index in [4.69, 9.17) is 0 Å². The van der Waals surface area contributed by atoms with Crippen molar-refractivity contribution in [2.75, 3.05) is 14.1 Å². The van der Waals surface area contributed by atoms with Gasteiger partial charge < -0.3 is 9.88 Å². The summed E-state index contributed by atoms with van der Waals surface area (Å²) in [7, 11) is 3.54. The molecule has 24 heavy (non-hydrogen) atoms. The van der Waals surface area contributed by atoms with Gasteiger partial charge in [-0.3, -0.25) is 4.79 Å². The molecular formula is C20H21N3O. The van der Waals surface area contributed by atoms with E-state index in [1.165, 1.54) is 30.2 Å². The van der Waals surface area contributed by atoms with Crippen LogP contribution in [-0.4, -0.2) is 34.9 Å². The fraction of sp³-hybridized carbons (Fsp3) is 0.300. The number of nitrogens with one attached hydrogen (secondary N) is 1. The number of aromatic amines is 1. The first-order valence-corrected chi connectivity index (χ1v) is 8.42. The molecule has 1 aliphatic carbocycles. The average molecular weight is 319 g/mol. The number of carbonyl (C=O) groups is 1. The number of amides is 1. The summed E-state index contributed by atoms with van der Waals surface area (Å²) >= 11 is 0. The fourth-order valence-corrected chi connectivity index (χ4v) is 3.33. The van der Waals surface area contributed by atoms with Gasteiger partial charge in [0.1, 0.15) is 5.65 Å². The largest absolute Gasteiger partial charge is 0.346 e. The lowest BCUT2D eigenvalue weighted by molar-refractivity contribution is 0.0827. The molecule has 1 fully saturated rings. The molecule has 0 atom stereocenters. The molecule has 1 amide bonds. The Hall–Kier alpha value is -2.62. The van der Waals surface area contributed by atoms with Crippen molar-refractivity contribution in [3.63, 3.8) is 0 Å². The molecular weight excluding hydrogens is 298 g/mol. The summed E-state index contributed by atoms with van der Waals surface area (Å²) in [5.41, 5.74) is 5.10. The van der Waals surface area contributed by atoms with Crippen molar-refractivity contribution in [2.24, 2.45) is 0 Å². The van der Waals surface area contributed by atoms with Crippen LogP contribution < -0.4 is 0 Å². The molecule has 2 aromatic heterocycles. The summed E-state index contributed by atoms with van der Waals surface area (Å²) in [5.74, 6) is 0.681. The zero-order valence-electron chi connectivity index (χ0n) is 14.0. The molecule has 4 nitrogen and oxygen atoms in total. The van der Waals surface area contributed by atoms with E-state index in [0.29, 0.717) is 11.5 Å². The van der Waals surface area contributed by atoms with Crippen molar-refractivity contribution in [2.45, 2.75) is 25.2 Å². The average Bonchev–Trinajstić information content (AvgIpc) is 2.95. The van der Waals surface area contributed by atoms with Crippen molar-refractivity contribution >= 4 is 16.9 Å². The van der Waals surface area contributed by atoms with Crippen molar-refractivity contribution in [3.8, 4) is 11.1 Å². The number of pyridine rings is 1. The maximum Gasteiger partial charge on any atom is 0.253 e. The van der Waals surface area contributed by atoms with Gasteiger partial charge in [-0.25, -0.2) is 4.98 Å². The zero-order valence-corrected chi connectivity index (χ0v) is 14.0. The van der Waals surface area contributed by atoms with Crippen LogP contribution >= 0.6 is 0 Å². The Morgan fingerprint density at radius 1 is 1.21 bits per heavy atom. The number of carbonyl (C=O) groups excluding carboxylic acids is 1. The van der Waals surface area contributed by atoms with Crippen molar-refractivity contribution in [3.05, 3.63) is 53.9 Å². The second-order valence-corrected chi connectivity index (χ2v) is 6.77. The Balaban J connectivity index is 1.76. The lowest BCUT2D eigenvalue weighted by Crippen LogP contribution is -2.21. The standard InChI is InChI=1S/C20H21N3O/c1-23(2)20(24)15-8-4-7-14(9-15)16-10-17-18(13-5-3-6-13)12-22-19(17)21-11-16/h4,7-13H,3,5-6H2,1-2H3,(H,21,22). The molecule has 0 saturated heterocycles. The Kier molecular flexibility index (Phi) is 3.60. The highest BCUT2D eigenvalue weighted by molar-refractivity contribution is 5.95. The molecule has 4 rings (SSSR count). The number of hydrogen-bond acceptors (Lipinski definition) is 2. The Morgan fingerprint density at radius 2 is 2.04 bits per heavy atom. The highest BCUT2D eigenvalue weighted by atomic mass is 16.2. The van der Waals surface area contributed by atoms with Gasteiger partial charge in [0.25, 0.3) is 5.91 Å². The lowest BCUT2D eigenvalue weighted by atomic mass is 9.80. The lowest BCUT2D eigenvalue weighted by Gasteiger charge is -2.24. The van der Waals surface area contributed by atoms with Gasteiger partial charge in [0.15, 0.2) is 0 Å². The van der Waals surface area contributed by atoms with Crippen LogP contribution in [0.5, 0.6) is 0 Å². The third kappa shape index (κ3) is 2.48. The Labute approximate surface area is 141 Å². The van der Waals surface area contributed by atoms with Gasteiger partial charge in [0.05, 0.1) is 0 Å². The Morgan fingerprint density at radius 3 is 2.75 bits per heavy atom. The highest BCUT2D eigenvalue weighted by Gasteiger charge is 2.22. The minimum Gasteiger partial charge on any atom is -0.346 e. The van der Waals surface area contributed by atoms with Crippen LogP contribution in [0.25, 0.3) is 22.2 Å². The minimum atomic E-state index is 0.0164. The van der Waals surface area contributed by atoms with Gasteiger partial charge in [-0.2, -0.15) is 0 Å². The van der Waals surface area contributed by atoms with E-state index in [2.05, 4.69) is 22.2 Å². The smallest absolute Gasteiger partial charge is 0.253 e. The van der Waals surface area contributed by atoms with E-state index in [9.17, 15) is 4.79 Å². The topological polar surface area (TPSA) is 49.0 Å². The Bertz CT molecular complexity index is 906. The summed E-state index contributed by atoms with van der Waals surface area (Å²) in [4.78, 5) is 21.7. The minimum absolute atomic E-state index is 0.0164. The molecule has 4 heteroatoms. The SMILES string of the molecule is CN(C)C(=O)c1cccc(-c2cnc3[nH]cc(C4CCC4)c3c2)c1. The molecule has 3 aromatic rings. The quantitative estimate of drug-likeness (QED) is 0.786. The molecule has 1 aliphatic rings. The van der Waals surface area contributed by atoms with E-state index < -0.39 is 0 Å². The highest BCUT2D eigenvalue weighted by Crippen LogP contribution is 2.40. The summed E-state index contributed by atoms with van der Waals surface area (Å²) in [5, 5.41) is 1.21. The van der Waals surface area contributed by atoms with Crippen molar-refractivity contribution in [1.82, 2.24) is 14.9 Å². The summed E-state index contributed by atoms with van der Waals surface area (Å²) in [6, 6.07) is 9.96. The van der Waals surface area contributed by atoms with E-state index in [1.807, 2.05) is 30.5 Å². The van der Waals surface area contributed by atoms with Crippen LogP contribution in [0.3, 0.4) is 0 Å². The third-order valence-corrected chi connectivity index (χ3v) is 4.96. The second-order valence-electron chi connectivity index (χ2n) is 6.77. The number of benzene rings is 1. The van der Waals surface area contributed by atoms with Crippen LogP contribution in [-0.2, 0) is 0 Å². The van der Waals surface area contributed by atoms with Crippen LogP contribution in [0.1, 0.15) is 41.1 Å². The van der Waals surface area contributed by atoms with Gasteiger partial charge >= 0.3 is 0 Å². The monoisotopic (exact) mass is 319 g/mol. The van der Waals surface area contributed by atoms with Crippen molar-refractivity contribution in [1.29, 1.82) is 0 Å². The normalized spacial score (nSPS) is 14.6. The number of rotatable bonds is 3. The van der Waals surface area contributed by atoms with Gasteiger partial charge in [0.2, 0.25) is 0 Å². The number of H-pyrrole nitrogens is 1. The van der Waals surface area contributed by atoms with Gasteiger partial charge in [-0.05, 0) is 48.1 Å². The summed E-state index contributed by atoms with van der Waals surface area (Å²) in [6.45, 7) is 0. The summed E-state index contributed by atoms with van der Waals surface area (Å²) < 4.78 is 0. The molecule has 122 valence electrons. The maximum atomic E-state index is 12.2. The van der Waals surface area contributed by atoms with E-state index >= 15 is 0 Å². The first kappa shape index (κ1) is 14.9. The fourth-order valence-electron chi connectivity index (χ4n) is 3.33. The number of aromatic nitrogens is 2. The number of hydrogen-bond donors (Lipinski definition) is 1. The zero-order chi connectivity index (χ0) is 16.7. The first-order chi connectivity index (χ1) is 11.6. The van der Waals surface area contributed by atoms with E-state index in [1.54, 1.807) is 19.0 Å². The van der Waals surface area contributed by atoms with Gasteiger partial charge in [-0.1, -0.05) is 18.6 Å². The number of fused-ring (bicyclic) bond motifs is 1. The first-order valence-electron chi connectivity index (χ1n) is 8.42. The maximum absolute atomic E-state index is 12.2. The molecule has 0 aliphatic heterocycles. The summed E-state index contributed by atoms with van der Waals surface area (Å²) in [6.07, 6.45) is 7.84. The van der Waals surface area contributed by atoms with Crippen LogP contribution in [0, 0.1) is 0 Å². The predicted octanol–water partition coefficient (Wildman–Crippen LogP) is 4.20. The molecule has 0 unspecified atom stereocenters. The van der Waals surface area contributed by atoms with Gasteiger partial charge in [0, 0.05) is 43.0 Å². The third-order valence-electron chi connectivity index (χ3n) is 4.96. The second kappa shape index (κ2) is 5.78. The molecule has 1 N–H and O–H groups in total. The molecule has 1 aromatic carbocycles. The molecule has 1 saturated carbocycles. The van der Waals surface area contributed by atoms with Crippen molar-refractivity contribution < 1.29 is 4.79 Å².